The van der Waals surface area contributed by atoms with E-state index in [1.807, 2.05) is 36.9 Å². The standard InChI is InChI=1S/C23H33N3O5/c1-15(2)24-23(29)31-18-8-9-19(20(14-18)21(27)25-30)22(28)26-12-10-17(11-13-26)16-6-4-3-5-7-16/h3-7,15,17-20,30H,8-14H2,1-2H3,(H,24,29)(H,25,27)/t18?,19-,20?/m0/s1. The van der Waals surface area contributed by atoms with E-state index in [1.54, 1.807) is 5.48 Å². The molecule has 1 saturated heterocycles. The molecular formula is C23H33N3O5. The minimum absolute atomic E-state index is 0.0507. The highest BCUT2D eigenvalue weighted by atomic mass is 16.6. The lowest BCUT2D eigenvalue weighted by molar-refractivity contribution is -0.149. The summed E-state index contributed by atoms with van der Waals surface area (Å²) in [5.74, 6) is -1.46. The summed E-state index contributed by atoms with van der Waals surface area (Å²) in [5.41, 5.74) is 2.99. The molecule has 1 saturated carbocycles. The van der Waals surface area contributed by atoms with Crippen LogP contribution in [-0.4, -0.2) is 53.3 Å². The largest absolute Gasteiger partial charge is 0.446 e. The number of hydroxylamine groups is 1. The van der Waals surface area contributed by atoms with Gasteiger partial charge in [0, 0.05) is 19.1 Å². The minimum atomic E-state index is -0.727. The van der Waals surface area contributed by atoms with Crippen molar-refractivity contribution in [1.82, 2.24) is 15.7 Å². The fourth-order valence-electron chi connectivity index (χ4n) is 4.72. The van der Waals surface area contributed by atoms with Gasteiger partial charge < -0.3 is 15.0 Å². The monoisotopic (exact) mass is 431 g/mol. The Kier molecular flexibility index (Phi) is 7.90. The van der Waals surface area contributed by atoms with Crippen LogP contribution in [0.3, 0.4) is 0 Å². The number of carbonyl (C=O) groups excluding carboxylic acids is 3. The molecule has 0 bridgehead atoms. The van der Waals surface area contributed by atoms with Crippen molar-refractivity contribution >= 4 is 17.9 Å². The number of nitrogens with one attached hydrogen (secondary N) is 2. The summed E-state index contributed by atoms with van der Waals surface area (Å²) in [7, 11) is 0. The van der Waals surface area contributed by atoms with Crippen molar-refractivity contribution in [2.75, 3.05) is 13.1 Å². The molecule has 3 amide bonds. The molecule has 170 valence electrons. The van der Waals surface area contributed by atoms with Gasteiger partial charge in [-0.3, -0.25) is 14.8 Å². The van der Waals surface area contributed by atoms with Gasteiger partial charge in [-0.2, -0.15) is 0 Å². The van der Waals surface area contributed by atoms with Crippen LogP contribution in [0, 0.1) is 11.8 Å². The second-order valence-electron chi connectivity index (χ2n) is 8.84. The van der Waals surface area contributed by atoms with Crippen LogP contribution in [0.4, 0.5) is 4.79 Å². The van der Waals surface area contributed by atoms with E-state index < -0.39 is 29.9 Å². The third kappa shape index (κ3) is 5.97. The number of likely N-dealkylation sites (tertiary alicyclic amines) is 1. The molecule has 1 aliphatic carbocycles. The lowest BCUT2D eigenvalue weighted by Gasteiger charge is -2.39. The van der Waals surface area contributed by atoms with Crippen molar-refractivity contribution in [3.05, 3.63) is 35.9 Å². The molecule has 1 heterocycles. The van der Waals surface area contributed by atoms with Crippen LogP contribution in [0.25, 0.3) is 0 Å². The summed E-state index contributed by atoms with van der Waals surface area (Å²) in [6.07, 6.45) is 1.95. The molecule has 8 nitrogen and oxygen atoms in total. The van der Waals surface area contributed by atoms with Crippen molar-refractivity contribution in [2.24, 2.45) is 11.8 Å². The first-order valence-corrected chi connectivity index (χ1v) is 11.1. The van der Waals surface area contributed by atoms with Crippen LogP contribution < -0.4 is 10.8 Å². The molecule has 1 aromatic carbocycles. The Morgan fingerprint density at radius 2 is 1.71 bits per heavy atom. The van der Waals surface area contributed by atoms with Gasteiger partial charge in [-0.05, 0) is 57.4 Å². The van der Waals surface area contributed by atoms with Crippen molar-refractivity contribution in [3.8, 4) is 0 Å². The summed E-state index contributed by atoms with van der Waals surface area (Å²) in [5, 5.41) is 11.9. The van der Waals surface area contributed by atoms with Crippen molar-refractivity contribution in [3.63, 3.8) is 0 Å². The summed E-state index contributed by atoms with van der Waals surface area (Å²) in [6, 6.07) is 10.3. The maximum Gasteiger partial charge on any atom is 0.407 e. The van der Waals surface area contributed by atoms with E-state index in [4.69, 9.17) is 4.74 Å². The highest BCUT2D eigenvalue weighted by Crippen LogP contribution is 2.35. The molecule has 0 spiro atoms. The first-order valence-electron chi connectivity index (χ1n) is 11.1. The van der Waals surface area contributed by atoms with Crippen LogP contribution in [0.2, 0.25) is 0 Å². The van der Waals surface area contributed by atoms with Gasteiger partial charge in [0.2, 0.25) is 11.8 Å². The first-order chi connectivity index (χ1) is 14.9. The maximum absolute atomic E-state index is 13.2. The number of amides is 3. The van der Waals surface area contributed by atoms with Crippen LogP contribution in [0.1, 0.15) is 57.4 Å². The highest BCUT2D eigenvalue weighted by molar-refractivity contribution is 5.87. The topological polar surface area (TPSA) is 108 Å². The molecule has 1 aliphatic heterocycles. The Hall–Kier alpha value is -2.61. The zero-order chi connectivity index (χ0) is 22.4. The zero-order valence-electron chi connectivity index (χ0n) is 18.3. The average molecular weight is 432 g/mol. The van der Waals surface area contributed by atoms with Gasteiger partial charge in [0.25, 0.3) is 0 Å². The van der Waals surface area contributed by atoms with E-state index in [1.165, 1.54) is 5.56 Å². The summed E-state index contributed by atoms with van der Waals surface area (Å²) in [4.78, 5) is 39.3. The lowest BCUT2D eigenvalue weighted by Crippen LogP contribution is -2.49. The molecule has 3 atom stereocenters. The number of hydrogen-bond acceptors (Lipinski definition) is 5. The van der Waals surface area contributed by atoms with Crippen molar-refractivity contribution < 1.29 is 24.3 Å². The molecule has 0 radical (unpaired) electrons. The Labute approximate surface area is 183 Å². The molecule has 2 aliphatic rings. The second kappa shape index (κ2) is 10.6. The van der Waals surface area contributed by atoms with E-state index in [2.05, 4.69) is 17.4 Å². The number of nitrogens with zero attached hydrogens (tertiary/aromatic N) is 1. The summed E-state index contributed by atoms with van der Waals surface area (Å²) in [6.45, 7) is 4.97. The number of benzene rings is 1. The van der Waals surface area contributed by atoms with E-state index >= 15 is 0 Å². The Balaban J connectivity index is 1.59. The first kappa shape index (κ1) is 23.1. The zero-order valence-corrected chi connectivity index (χ0v) is 18.3. The third-order valence-electron chi connectivity index (χ3n) is 6.32. The van der Waals surface area contributed by atoms with Gasteiger partial charge in [0.05, 0.1) is 11.8 Å². The molecule has 3 N–H and O–H groups in total. The molecule has 2 fully saturated rings. The fourth-order valence-corrected chi connectivity index (χ4v) is 4.72. The quantitative estimate of drug-likeness (QED) is 0.491. The van der Waals surface area contributed by atoms with Gasteiger partial charge >= 0.3 is 6.09 Å². The molecule has 0 aromatic heterocycles. The number of carbonyl (C=O) groups is 3. The lowest BCUT2D eigenvalue weighted by atomic mass is 9.76. The number of piperidine rings is 1. The van der Waals surface area contributed by atoms with Crippen LogP contribution in [-0.2, 0) is 14.3 Å². The molecule has 8 heteroatoms. The van der Waals surface area contributed by atoms with Crippen molar-refractivity contribution in [1.29, 1.82) is 0 Å². The molecule has 2 unspecified atom stereocenters. The Morgan fingerprint density at radius 1 is 1.03 bits per heavy atom. The third-order valence-corrected chi connectivity index (χ3v) is 6.32. The van der Waals surface area contributed by atoms with E-state index in [9.17, 15) is 19.6 Å². The van der Waals surface area contributed by atoms with Gasteiger partial charge in [-0.1, -0.05) is 30.3 Å². The minimum Gasteiger partial charge on any atom is -0.446 e. The van der Waals surface area contributed by atoms with E-state index in [0.29, 0.717) is 31.8 Å². The summed E-state index contributed by atoms with van der Waals surface area (Å²) < 4.78 is 5.43. The van der Waals surface area contributed by atoms with Crippen molar-refractivity contribution in [2.45, 2.75) is 64.0 Å². The Bertz CT molecular complexity index is 762. The van der Waals surface area contributed by atoms with Gasteiger partial charge in [0.1, 0.15) is 6.10 Å². The smallest absolute Gasteiger partial charge is 0.407 e. The molecule has 3 rings (SSSR count). The number of rotatable bonds is 5. The predicted octanol–water partition coefficient (Wildman–Crippen LogP) is 2.82. The van der Waals surface area contributed by atoms with Crippen LogP contribution in [0.5, 0.6) is 0 Å². The predicted molar refractivity (Wildman–Crippen MR) is 114 cm³/mol. The van der Waals surface area contributed by atoms with E-state index in [0.717, 1.165) is 12.8 Å². The summed E-state index contributed by atoms with van der Waals surface area (Å²) >= 11 is 0. The number of hydrogen-bond donors (Lipinski definition) is 3. The van der Waals surface area contributed by atoms with Gasteiger partial charge in [-0.25, -0.2) is 10.3 Å². The van der Waals surface area contributed by atoms with E-state index in [-0.39, 0.29) is 18.4 Å². The molecule has 1 aromatic rings. The Morgan fingerprint density at radius 3 is 2.32 bits per heavy atom. The van der Waals surface area contributed by atoms with Gasteiger partial charge in [0.15, 0.2) is 0 Å². The molecule has 31 heavy (non-hydrogen) atoms. The van der Waals surface area contributed by atoms with Gasteiger partial charge in [-0.15, -0.1) is 0 Å². The number of ether oxygens (including phenoxy) is 1. The maximum atomic E-state index is 13.2. The van der Waals surface area contributed by atoms with Crippen LogP contribution >= 0.6 is 0 Å². The number of alkyl carbamates (subject to hydrolysis) is 1. The second-order valence-corrected chi connectivity index (χ2v) is 8.84. The fraction of sp³-hybridized carbons (Fsp3) is 0.609. The highest BCUT2D eigenvalue weighted by Gasteiger charge is 2.42. The normalized spacial score (nSPS) is 24.5. The average Bonchev–Trinajstić information content (AvgIpc) is 2.78. The molecular weight excluding hydrogens is 398 g/mol. The SMILES string of the molecule is CC(C)NC(=O)OC1CC[C@H](C(=O)N2CCC(c3ccccc3)CC2)C(C(=O)NO)C1. The van der Waals surface area contributed by atoms with Crippen LogP contribution in [0.15, 0.2) is 30.3 Å².